The largest absolute Gasteiger partial charge is 0.468 e. The number of carbonyl (C=O) groups is 1. The van der Waals surface area contributed by atoms with Gasteiger partial charge in [-0.1, -0.05) is 13.8 Å². The van der Waals surface area contributed by atoms with Gasteiger partial charge in [0, 0.05) is 6.04 Å². The quantitative estimate of drug-likeness (QED) is 0.444. The van der Waals surface area contributed by atoms with Crippen molar-refractivity contribution in [2.24, 2.45) is 0 Å². The SMILES string of the molecule is CCCNC(C)(CCCCN(CCC)C(C)C)C(=O)OC. The molecular weight excluding hydrogens is 264 g/mol. The highest BCUT2D eigenvalue weighted by atomic mass is 16.5. The molecule has 0 aromatic heterocycles. The van der Waals surface area contributed by atoms with Gasteiger partial charge in [0.2, 0.25) is 0 Å². The van der Waals surface area contributed by atoms with Gasteiger partial charge in [0.25, 0.3) is 0 Å². The fraction of sp³-hybridized carbons (Fsp3) is 0.941. The Morgan fingerprint density at radius 1 is 1.19 bits per heavy atom. The maximum Gasteiger partial charge on any atom is 0.325 e. The Morgan fingerprint density at radius 3 is 2.33 bits per heavy atom. The smallest absolute Gasteiger partial charge is 0.325 e. The van der Waals surface area contributed by atoms with E-state index in [9.17, 15) is 4.79 Å². The molecule has 0 radical (unpaired) electrons. The first-order valence-electron chi connectivity index (χ1n) is 8.48. The van der Waals surface area contributed by atoms with Crippen molar-refractivity contribution in [3.05, 3.63) is 0 Å². The molecule has 0 aromatic rings. The van der Waals surface area contributed by atoms with Crippen molar-refractivity contribution in [3.8, 4) is 0 Å². The molecule has 0 aliphatic heterocycles. The molecule has 0 bridgehead atoms. The second kappa shape index (κ2) is 11.0. The highest BCUT2D eigenvalue weighted by Crippen LogP contribution is 2.16. The van der Waals surface area contributed by atoms with Crippen molar-refractivity contribution in [1.82, 2.24) is 10.2 Å². The molecule has 4 heteroatoms. The van der Waals surface area contributed by atoms with Crippen LogP contribution in [0.4, 0.5) is 0 Å². The van der Waals surface area contributed by atoms with E-state index in [0.29, 0.717) is 6.04 Å². The minimum atomic E-state index is -0.543. The zero-order valence-corrected chi connectivity index (χ0v) is 15.0. The fourth-order valence-corrected chi connectivity index (χ4v) is 2.60. The van der Waals surface area contributed by atoms with Crippen molar-refractivity contribution in [1.29, 1.82) is 0 Å². The van der Waals surface area contributed by atoms with Crippen LogP contribution in [0, 0.1) is 0 Å². The first kappa shape index (κ1) is 20.4. The molecule has 21 heavy (non-hydrogen) atoms. The predicted octanol–water partition coefficient (Wildman–Crippen LogP) is 3.21. The predicted molar refractivity (Wildman–Crippen MR) is 89.6 cm³/mol. The molecular formula is C17H36N2O2. The average Bonchev–Trinajstić information content (AvgIpc) is 2.47. The Kier molecular flexibility index (Phi) is 10.7. The standard InChI is InChI=1S/C17H36N2O2/c1-7-12-18-17(5,16(20)21-6)11-9-10-14-19(13-8-2)15(3)4/h15,18H,7-14H2,1-6H3. The van der Waals surface area contributed by atoms with Crippen molar-refractivity contribution in [2.45, 2.75) is 78.3 Å². The van der Waals surface area contributed by atoms with Gasteiger partial charge in [-0.15, -0.1) is 0 Å². The van der Waals surface area contributed by atoms with Gasteiger partial charge in [-0.3, -0.25) is 4.79 Å². The summed E-state index contributed by atoms with van der Waals surface area (Å²) in [6, 6.07) is 0.593. The van der Waals surface area contributed by atoms with Crippen LogP contribution >= 0.6 is 0 Å². The first-order chi connectivity index (χ1) is 9.91. The zero-order chi connectivity index (χ0) is 16.3. The van der Waals surface area contributed by atoms with Crippen LogP contribution in [0.5, 0.6) is 0 Å². The van der Waals surface area contributed by atoms with Gasteiger partial charge in [-0.05, 0) is 72.5 Å². The first-order valence-corrected chi connectivity index (χ1v) is 8.48. The number of hydrogen-bond donors (Lipinski definition) is 1. The minimum absolute atomic E-state index is 0.148. The van der Waals surface area contributed by atoms with Crippen LogP contribution in [0.1, 0.15) is 66.7 Å². The molecule has 0 spiro atoms. The summed E-state index contributed by atoms with van der Waals surface area (Å²) in [5.74, 6) is -0.148. The summed E-state index contributed by atoms with van der Waals surface area (Å²) in [6.07, 6.45) is 5.20. The summed E-state index contributed by atoms with van der Waals surface area (Å²) in [5, 5.41) is 3.34. The van der Waals surface area contributed by atoms with E-state index in [1.807, 2.05) is 6.92 Å². The average molecular weight is 300 g/mol. The van der Waals surface area contributed by atoms with Gasteiger partial charge in [0.05, 0.1) is 7.11 Å². The lowest BCUT2D eigenvalue weighted by Gasteiger charge is -2.29. The minimum Gasteiger partial charge on any atom is -0.468 e. The summed E-state index contributed by atoms with van der Waals surface area (Å²) in [4.78, 5) is 14.5. The Balaban J connectivity index is 4.27. The van der Waals surface area contributed by atoms with Gasteiger partial charge < -0.3 is 15.0 Å². The second-order valence-electron chi connectivity index (χ2n) is 6.34. The number of unbranched alkanes of at least 4 members (excludes halogenated alkanes) is 1. The highest BCUT2D eigenvalue weighted by molar-refractivity contribution is 5.80. The molecule has 0 saturated carbocycles. The van der Waals surface area contributed by atoms with E-state index in [1.165, 1.54) is 13.5 Å². The van der Waals surface area contributed by atoms with E-state index in [1.54, 1.807) is 0 Å². The number of carbonyl (C=O) groups excluding carboxylic acids is 1. The van der Waals surface area contributed by atoms with Crippen molar-refractivity contribution in [2.75, 3.05) is 26.7 Å². The zero-order valence-electron chi connectivity index (χ0n) is 15.0. The fourth-order valence-electron chi connectivity index (χ4n) is 2.60. The lowest BCUT2D eigenvalue weighted by molar-refractivity contribution is -0.148. The molecule has 0 rings (SSSR count). The second-order valence-corrected chi connectivity index (χ2v) is 6.34. The summed E-state index contributed by atoms with van der Waals surface area (Å²) in [7, 11) is 1.47. The number of methoxy groups -OCH3 is 1. The Morgan fingerprint density at radius 2 is 1.86 bits per heavy atom. The molecule has 1 unspecified atom stereocenters. The molecule has 0 heterocycles. The van der Waals surface area contributed by atoms with Gasteiger partial charge in [-0.25, -0.2) is 0 Å². The monoisotopic (exact) mass is 300 g/mol. The topological polar surface area (TPSA) is 41.6 Å². The highest BCUT2D eigenvalue weighted by Gasteiger charge is 2.32. The van der Waals surface area contributed by atoms with E-state index < -0.39 is 5.54 Å². The lowest BCUT2D eigenvalue weighted by Crippen LogP contribution is -2.50. The van der Waals surface area contributed by atoms with E-state index in [0.717, 1.165) is 45.3 Å². The summed E-state index contributed by atoms with van der Waals surface area (Å²) in [6.45, 7) is 13.9. The van der Waals surface area contributed by atoms with Crippen LogP contribution in [0.2, 0.25) is 0 Å². The maximum atomic E-state index is 12.0. The molecule has 0 saturated heterocycles. The van der Waals surface area contributed by atoms with Crippen molar-refractivity contribution >= 4 is 5.97 Å². The maximum absolute atomic E-state index is 12.0. The Hall–Kier alpha value is -0.610. The normalized spacial score (nSPS) is 14.5. The molecule has 0 fully saturated rings. The number of ether oxygens (including phenoxy) is 1. The summed E-state index contributed by atoms with van der Waals surface area (Å²) < 4.78 is 4.96. The molecule has 0 aromatic carbocycles. The van der Waals surface area contributed by atoms with Crippen LogP contribution in [0.15, 0.2) is 0 Å². The molecule has 0 amide bonds. The Labute approximate surface area is 131 Å². The number of hydrogen-bond acceptors (Lipinski definition) is 4. The third kappa shape index (κ3) is 7.82. The van der Waals surface area contributed by atoms with Crippen LogP contribution in [-0.4, -0.2) is 49.2 Å². The van der Waals surface area contributed by atoms with Crippen LogP contribution in [0.25, 0.3) is 0 Å². The van der Waals surface area contributed by atoms with Gasteiger partial charge in [-0.2, -0.15) is 0 Å². The van der Waals surface area contributed by atoms with E-state index in [-0.39, 0.29) is 5.97 Å². The molecule has 4 nitrogen and oxygen atoms in total. The molecule has 1 atom stereocenters. The summed E-state index contributed by atoms with van der Waals surface area (Å²) in [5.41, 5.74) is -0.543. The molecule has 0 aliphatic carbocycles. The number of nitrogens with one attached hydrogen (secondary N) is 1. The van der Waals surface area contributed by atoms with E-state index in [4.69, 9.17) is 4.74 Å². The number of esters is 1. The summed E-state index contributed by atoms with van der Waals surface area (Å²) >= 11 is 0. The molecule has 0 aliphatic rings. The number of rotatable bonds is 12. The molecule has 1 N–H and O–H groups in total. The van der Waals surface area contributed by atoms with Crippen LogP contribution in [0.3, 0.4) is 0 Å². The van der Waals surface area contributed by atoms with Crippen LogP contribution < -0.4 is 5.32 Å². The Bertz CT molecular complexity index is 282. The van der Waals surface area contributed by atoms with Crippen LogP contribution in [-0.2, 0) is 9.53 Å². The lowest BCUT2D eigenvalue weighted by atomic mass is 9.94. The van der Waals surface area contributed by atoms with Crippen molar-refractivity contribution < 1.29 is 9.53 Å². The third-order valence-corrected chi connectivity index (χ3v) is 4.01. The number of nitrogens with zero attached hydrogens (tertiary/aromatic N) is 1. The van der Waals surface area contributed by atoms with Gasteiger partial charge in [0.1, 0.15) is 5.54 Å². The third-order valence-electron chi connectivity index (χ3n) is 4.01. The van der Waals surface area contributed by atoms with Gasteiger partial charge >= 0.3 is 5.97 Å². The molecule has 126 valence electrons. The van der Waals surface area contributed by atoms with Gasteiger partial charge in [0.15, 0.2) is 0 Å². The van der Waals surface area contributed by atoms with E-state index >= 15 is 0 Å². The van der Waals surface area contributed by atoms with E-state index in [2.05, 4.69) is 37.9 Å². The van der Waals surface area contributed by atoms with Crippen molar-refractivity contribution in [3.63, 3.8) is 0 Å².